The lowest BCUT2D eigenvalue weighted by Gasteiger charge is -2.31. The van der Waals surface area contributed by atoms with Gasteiger partial charge in [-0.15, -0.1) is 11.3 Å². The van der Waals surface area contributed by atoms with Crippen LogP contribution < -0.4 is 5.32 Å². The second-order valence-electron chi connectivity index (χ2n) is 5.07. The number of nitrogens with zero attached hydrogens (tertiary/aromatic N) is 1. The van der Waals surface area contributed by atoms with Crippen LogP contribution in [0.2, 0.25) is 0 Å². The Bertz CT molecular complexity index is 604. The fourth-order valence-corrected chi connectivity index (χ4v) is 4.20. The van der Waals surface area contributed by atoms with Gasteiger partial charge in [0.1, 0.15) is 17.0 Å². The molecule has 1 amide bonds. The van der Waals surface area contributed by atoms with Crippen LogP contribution >= 0.6 is 23.1 Å². The van der Waals surface area contributed by atoms with Crippen molar-refractivity contribution >= 4 is 29.0 Å². The molecule has 0 unspecified atom stereocenters. The third-order valence-electron chi connectivity index (χ3n) is 3.51. The molecular weight excluding hydrogens is 308 g/mol. The molecule has 0 radical (unpaired) electrons. The molecule has 7 heteroatoms. The highest BCUT2D eigenvalue weighted by Gasteiger charge is 2.30. The fraction of sp³-hybridized carbons (Fsp3) is 0.429. The second-order valence-corrected chi connectivity index (χ2v) is 7.15. The summed E-state index contributed by atoms with van der Waals surface area (Å²) in [5.41, 5.74) is 0.469. The van der Waals surface area contributed by atoms with Crippen molar-refractivity contribution in [3.63, 3.8) is 0 Å². The molecule has 1 aliphatic rings. The third-order valence-corrected chi connectivity index (χ3v) is 5.38. The van der Waals surface area contributed by atoms with E-state index in [0.717, 1.165) is 34.9 Å². The minimum absolute atomic E-state index is 0.243. The first-order valence-corrected chi connectivity index (χ1v) is 8.76. The van der Waals surface area contributed by atoms with Crippen molar-refractivity contribution in [1.29, 1.82) is 0 Å². The van der Waals surface area contributed by atoms with Crippen molar-refractivity contribution in [2.24, 2.45) is 0 Å². The van der Waals surface area contributed by atoms with Gasteiger partial charge in [-0.2, -0.15) is 11.8 Å². The SMILES string of the molecule is O=C(NCC1(O)CCSCC1)c1csc(-c2ccoc2)n1. The van der Waals surface area contributed by atoms with Crippen molar-refractivity contribution in [2.75, 3.05) is 18.1 Å². The fourth-order valence-electron chi connectivity index (χ4n) is 2.16. The summed E-state index contributed by atoms with van der Waals surface area (Å²) in [4.78, 5) is 16.4. The first-order valence-electron chi connectivity index (χ1n) is 6.73. The molecule has 2 N–H and O–H groups in total. The van der Waals surface area contributed by atoms with Crippen LogP contribution in [0.1, 0.15) is 23.3 Å². The average Bonchev–Trinajstić information content (AvgIpc) is 3.16. The molecule has 3 heterocycles. The van der Waals surface area contributed by atoms with E-state index in [9.17, 15) is 9.90 Å². The second kappa shape index (κ2) is 6.21. The molecule has 3 rings (SSSR count). The van der Waals surface area contributed by atoms with Gasteiger partial charge < -0.3 is 14.8 Å². The summed E-state index contributed by atoms with van der Waals surface area (Å²) in [7, 11) is 0. The molecule has 1 fully saturated rings. The number of amides is 1. The molecule has 0 bridgehead atoms. The molecular formula is C14H16N2O3S2. The normalized spacial score (nSPS) is 17.6. The smallest absolute Gasteiger partial charge is 0.270 e. The van der Waals surface area contributed by atoms with E-state index in [1.165, 1.54) is 11.3 Å². The van der Waals surface area contributed by atoms with Crippen LogP contribution in [0.3, 0.4) is 0 Å². The van der Waals surface area contributed by atoms with Gasteiger partial charge in [0, 0.05) is 17.5 Å². The van der Waals surface area contributed by atoms with E-state index >= 15 is 0 Å². The summed E-state index contributed by atoms with van der Waals surface area (Å²) in [5.74, 6) is 1.63. The molecule has 1 aliphatic heterocycles. The number of aliphatic hydroxyl groups is 1. The van der Waals surface area contributed by atoms with Gasteiger partial charge in [-0.1, -0.05) is 0 Å². The molecule has 0 spiro atoms. The van der Waals surface area contributed by atoms with E-state index in [4.69, 9.17) is 4.42 Å². The lowest BCUT2D eigenvalue weighted by atomic mass is 9.97. The first-order chi connectivity index (χ1) is 10.2. The van der Waals surface area contributed by atoms with Crippen LogP contribution in [0.4, 0.5) is 0 Å². The average molecular weight is 324 g/mol. The number of thiazole rings is 1. The molecule has 0 saturated carbocycles. The summed E-state index contributed by atoms with van der Waals surface area (Å²) in [6, 6.07) is 1.81. The highest BCUT2D eigenvalue weighted by molar-refractivity contribution is 7.99. The Morgan fingerprint density at radius 1 is 1.48 bits per heavy atom. The van der Waals surface area contributed by atoms with Crippen molar-refractivity contribution < 1.29 is 14.3 Å². The minimum Gasteiger partial charge on any atom is -0.472 e. The summed E-state index contributed by atoms with van der Waals surface area (Å²) < 4.78 is 5.01. The summed E-state index contributed by atoms with van der Waals surface area (Å²) in [5, 5.41) is 15.6. The van der Waals surface area contributed by atoms with Crippen LogP contribution in [0.15, 0.2) is 28.4 Å². The molecule has 0 atom stereocenters. The zero-order valence-corrected chi connectivity index (χ0v) is 13.0. The Hall–Kier alpha value is -1.31. The van der Waals surface area contributed by atoms with Gasteiger partial charge in [0.2, 0.25) is 0 Å². The Morgan fingerprint density at radius 2 is 2.29 bits per heavy atom. The number of hydrogen-bond acceptors (Lipinski definition) is 6. The molecule has 5 nitrogen and oxygen atoms in total. The van der Waals surface area contributed by atoms with E-state index in [1.54, 1.807) is 17.9 Å². The van der Waals surface area contributed by atoms with Gasteiger partial charge in [0.15, 0.2) is 0 Å². The Labute approximate surface area is 130 Å². The van der Waals surface area contributed by atoms with Crippen molar-refractivity contribution in [1.82, 2.24) is 10.3 Å². The maximum Gasteiger partial charge on any atom is 0.270 e. The van der Waals surface area contributed by atoms with Crippen LogP contribution in [-0.4, -0.2) is 39.6 Å². The highest BCUT2D eigenvalue weighted by Crippen LogP contribution is 2.27. The number of thioether (sulfide) groups is 1. The van der Waals surface area contributed by atoms with Gasteiger partial charge in [-0.05, 0) is 30.4 Å². The maximum absolute atomic E-state index is 12.1. The van der Waals surface area contributed by atoms with Gasteiger partial charge in [-0.3, -0.25) is 4.79 Å². The molecule has 0 aliphatic carbocycles. The van der Waals surface area contributed by atoms with E-state index in [-0.39, 0.29) is 12.5 Å². The number of carbonyl (C=O) groups is 1. The third kappa shape index (κ3) is 3.48. The number of rotatable bonds is 4. The van der Waals surface area contributed by atoms with Gasteiger partial charge in [0.05, 0.1) is 11.9 Å². The molecule has 2 aromatic heterocycles. The largest absolute Gasteiger partial charge is 0.472 e. The molecule has 0 aromatic carbocycles. The van der Waals surface area contributed by atoms with E-state index < -0.39 is 5.60 Å². The summed E-state index contributed by atoms with van der Waals surface area (Å²) in [6.45, 7) is 0.283. The number of carbonyl (C=O) groups excluding carboxylic acids is 1. The van der Waals surface area contributed by atoms with Crippen LogP contribution in [0, 0.1) is 0 Å². The molecule has 112 valence electrons. The Kier molecular flexibility index (Phi) is 4.32. The lowest BCUT2D eigenvalue weighted by molar-refractivity contribution is 0.0310. The first kappa shape index (κ1) is 14.6. The quantitative estimate of drug-likeness (QED) is 0.903. The summed E-state index contributed by atoms with van der Waals surface area (Å²) in [6.07, 6.45) is 4.61. The van der Waals surface area contributed by atoms with Crippen LogP contribution in [0.5, 0.6) is 0 Å². The van der Waals surface area contributed by atoms with E-state index in [2.05, 4.69) is 10.3 Å². The van der Waals surface area contributed by atoms with Crippen molar-refractivity contribution in [2.45, 2.75) is 18.4 Å². The predicted molar refractivity (Wildman–Crippen MR) is 83.7 cm³/mol. The van der Waals surface area contributed by atoms with Crippen LogP contribution in [0.25, 0.3) is 10.6 Å². The Balaban J connectivity index is 1.61. The molecule has 1 saturated heterocycles. The zero-order chi connectivity index (χ0) is 14.7. The van der Waals surface area contributed by atoms with Crippen molar-refractivity contribution in [3.8, 4) is 10.6 Å². The van der Waals surface area contributed by atoms with Crippen LogP contribution in [-0.2, 0) is 0 Å². The van der Waals surface area contributed by atoms with Gasteiger partial charge >= 0.3 is 0 Å². The molecule has 21 heavy (non-hydrogen) atoms. The number of aromatic nitrogens is 1. The van der Waals surface area contributed by atoms with Crippen molar-refractivity contribution in [3.05, 3.63) is 29.7 Å². The monoisotopic (exact) mass is 324 g/mol. The number of furan rings is 1. The standard InChI is InChI=1S/C14H16N2O3S2/c17-12(15-9-14(18)2-5-20-6-3-14)11-8-21-13(16-11)10-1-4-19-7-10/h1,4,7-8,18H,2-3,5-6,9H2,(H,15,17). The Morgan fingerprint density at radius 3 is 3.00 bits per heavy atom. The maximum atomic E-state index is 12.1. The minimum atomic E-state index is -0.773. The summed E-state index contributed by atoms with van der Waals surface area (Å²) >= 11 is 3.24. The predicted octanol–water partition coefficient (Wildman–Crippen LogP) is 2.39. The van der Waals surface area contributed by atoms with Gasteiger partial charge in [-0.25, -0.2) is 4.98 Å². The number of hydrogen-bond donors (Lipinski definition) is 2. The zero-order valence-electron chi connectivity index (χ0n) is 11.4. The van der Waals surface area contributed by atoms with E-state index in [1.807, 2.05) is 17.8 Å². The van der Waals surface area contributed by atoms with Gasteiger partial charge in [0.25, 0.3) is 5.91 Å². The number of nitrogens with one attached hydrogen (secondary N) is 1. The lowest BCUT2D eigenvalue weighted by Crippen LogP contribution is -2.45. The highest BCUT2D eigenvalue weighted by atomic mass is 32.2. The topological polar surface area (TPSA) is 75.4 Å². The molecule has 2 aromatic rings. The van der Waals surface area contributed by atoms with E-state index in [0.29, 0.717) is 5.69 Å².